The molecule has 0 spiro atoms. The molecule has 0 saturated carbocycles. The Morgan fingerprint density at radius 1 is 1.33 bits per heavy atom. The first-order valence-electron chi connectivity index (χ1n) is 7.57. The molecule has 0 aliphatic carbocycles. The second-order valence-electron chi connectivity index (χ2n) is 5.57. The van der Waals surface area contributed by atoms with E-state index in [0.29, 0.717) is 19.1 Å². The maximum absolute atomic E-state index is 12.6. The molecule has 2 fully saturated rings. The zero-order valence-corrected chi connectivity index (χ0v) is 13.8. The van der Waals surface area contributed by atoms with E-state index >= 15 is 0 Å². The monoisotopic (exact) mass is 356 g/mol. The van der Waals surface area contributed by atoms with Gasteiger partial charge in [-0.2, -0.15) is 0 Å². The van der Waals surface area contributed by atoms with E-state index in [1.54, 1.807) is 0 Å². The van der Waals surface area contributed by atoms with Crippen LogP contribution in [0.15, 0.2) is 16.7 Å². The van der Waals surface area contributed by atoms with Crippen molar-refractivity contribution in [2.75, 3.05) is 26.3 Å². The van der Waals surface area contributed by atoms with Gasteiger partial charge in [-0.25, -0.2) is 0 Å². The molecule has 3 heterocycles. The lowest BCUT2D eigenvalue weighted by atomic mass is 9.96. The number of hydrogen-bond acceptors (Lipinski definition) is 3. The highest BCUT2D eigenvalue weighted by Crippen LogP contribution is 2.27. The van der Waals surface area contributed by atoms with Crippen LogP contribution in [0.3, 0.4) is 0 Å². The van der Waals surface area contributed by atoms with E-state index in [1.807, 2.05) is 28.7 Å². The number of amides is 1. The molecule has 2 aliphatic rings. The molecule has 2 saturated heterocycles. The first kappa shape index (κ1) is 15.1. The fourth-order valence-corrected chi connectivity index (χ4v) is 3.56. The Morgan fingerprint density at radius 3 is 2.62 bits per heavy atom. The molecule has 0 atom stereocenters. The summed E-state index contributed by atoms with van der Waals surface area (Å²) in [5, 5.41) is 0. The van der Waals surface area contributed by atoms with Gasteiger partial charge in [0.15, 0.2) is 6.29 Å². The molecule has 0 unspecified atom stereocenters. The largest absolute Gasteiger partial charge is 0.350 e. The number of hydrogen-bond donors (Lipinski definition) is 0. The molecule has 3 rings (SSSR count). The van der Waals surface area contributed by atoms with Gasteiger partial charge in [0, 0.05) is 36.2 Å². The van der Waals surface area contributed by atoms with Crippen LogP contribution in [0.1, 0.15) is 30.3 Å². The number of likely N-dealkylation sites (tertiary alicyclic amines) is 1. The molecule has 1 aromatic heterocycles. The summed E-state index contributed by atoms with van der Waals surface area (Å²) < 4.78 is 14.1. The lowest BCUT2D eigenvalue weighted by Crippen LogP contribution is -2.42. The lowest BCUT2D eigenvalue weighted by molar-refractivity contribution is -0.0956. The molecule has 116 valence electrons. The summed E-state index contributed by atoms with van der Waals surface area (Å²) in [5.41, 5.74) is 0.760. The van der Waals surface area contributed by atoms with Crippen molar-refractivity contribution in [1.82, 2.24) is 9.47 Å². The first-order chi connectivity index (χ1) is 10.2. The third-order valence-corrected chi connectivity index (χ3v) is 4.72. The van der Waals surface area contributed by atoms with Crippen LogP contribution in [0.2, 0.25) is 0 Å². The summed E-state index contributed by atoms with van der Waals surface area (Å²) in [7, 11) is 0. The minimum Gasteiger partial charge on any atom is -0.350 e. The predicted octanol–water partition coefficient (Wildman–Crippen LogP) is 2.50. The smallest absolute Gasteiger partial charge is 0.270 e. The van der Waals surface area contributed by atoms with Crippen molar-refractivity contribution in [3.05, 3.63) is 22.4 Å². The molecule has 1 amide bonds. The predicted molar refractivity (Wildman–Crippen MR) is 82.1 cm³/mol. The van der Waals surface area contributed by atoms with Gasteiger partial charge in [0.25, 0.3) is 5.91 Å². The van der Waals surface area contributed by atoms with Crippen molar-refractivity contribution in [3.8, 4) is 0 Å². The van der Waals surface area contributed by atoms with E-state index in [0.717, 1.165) is 42.6 Å². The van der Waals surface area contributed by atoms with Gasteiger partial charge in [0.05, 0.1) is 13.2 Å². The van der Waals surface area contributed by atoms with Crippen LogP contribution in [0, 0.1) is 5.92 Å². The topological polar surface area (TPSA) is 43.7 Å². The lowest BCUT2D eigenvalue weighted by Gasteiger charge is -2.34. The van der Waals surface area contributed by atoms with E-state index < -0.39 is 0 Å². The van der Waals surface area contributed by atoms with E-state index in [4.69, 9.17) is 9.47 Å². The fourth-order valence-electron chi connectivity index (χ4n) is 3.10. The second-order valence-corrected chi connectivity index (χ2v) is 6.48. The molecule has 0 bridgehead atoms. The van der Waals surface area contributed by atoms with Gasteiger partial charge in [0.1, 0.15) is 5.69 Å². The van der Waals surface area contributed by atoms with Gasteiger partial charge in [0.2, 0.25) is 0 Å². The average molecular weight is 357 g/mol. The van der Waals surface area contributed by atoms with Gasteiger partial charge in [-0.05, 0) is 41.8 Å². The maximum Gasteiger partial charge on any atom is 0.270 e. The van der Waals surface area contributed by atoms with Gasteiger partial charge in [-0.15, -0.1) is 0 Å². The Bertz CT molecular complexity index is 503. The number of halogens is 1. The molecule has 2 aliphatic heterocycles. The van der Waals surface area contributed by atoms with Gasteiger partial charge in [-0.3, -0.25) is 4.79 Å². The SMILES string of the molecule is CCn1cc(Br)cc1C(=O)N1CCC(C2OCCO2)CC1. The Morgan fingerprint density at radius 2 is 2.00 bits per heavy atom. The van der Waals surface area contributed by atoms with Crippen molar-refractivity contribution < 1.29 is 14.3 Å². The molecule has 0 radical (unpaired) electrons. The number of aromatic nitrogens is 1. The highest BCUT2D eigenvalue weighted by atomic mass is 79.9. The van der Waals surface area contributed by atoms with Crippen LogP contribution in [-0.4, -0.2) is 48.0 Å². The third kappa shape index (κ3) is 3.17. The normalized spacial score (nSPS) is 21.1. The van der Waals surface area contributed by atoms with Gasteiger partial charge >= 0.3 is 0 Å². The molecule has 6 heteroatoms. The summed E-state index contributed by atoms with van der Waals surface area (Å²) >= 11 is 3.45. The van der Waals surface area contributed by atoms with Crippen LogP contribution >= 0.6 is 15.9 Å². The summed E-state index contributed by atoms with van der Waals surface area (Å²) in [5.74, 6) is 0.538. The fraction of sp³-hybridized carbons (Fsp3) is 0.667. The van der Waals surface area contributed by atoms with E-state index in [2.05, 4.69) is 15.9 Å². The van der Waals surface area contributed by atoms with Crippen molar-refractivity contribution in [2.24, 2.45) is 5.92 Å². The van der Waals surface area contributed by atoms with Crippen LogP contribution in [0.4, 0.5) is 0 Å². The van der Waals surface area contributed by atoms with Crippen LogP contribution in [0.25, 0.3) is 0 Å². The van der Waals surface area contributed by atoms with Gasteiger partial charge in [-0.1, -0.05) is 0 Å². The number of rotatable bonds is 3. The number of aryl methyl sites for hydroxylation is 1. The molecule has 5 nitrogen and oxygen atoms in total. The molecule has 0 aromatic carbocycles. The third-order valence-electron chi connectivity index (χ3n) is 4.28. The number of carbonyl (C=O) groups is 1. The Kier molecular flexibility index (Phi) is 4.66. The van der Waals surface area contributed by atoms with Crippen LogP contribution in [-0.2, 0) is 16.0 Å². The standard InChI is InChI=1S/C15H21BrN2O3/c1-2-17-10-12(16)9-13(17)14(19)18-5-3-11(4-6-18)15-20-7-8-21-15/h9-11,15H,2-8H2,1H3. The quantitative estimate of drug-likeness (QED) is 0.835. The summed E-state index contributed by atoms with van der Waals surface area (Å²) in [6, 6.07) is 1.90. The molecule has 21 heavy (non-hydrogen) atoms. The maximum atomic E-state index is 12.6. The number of nitrogens with zero attached hydrogens (tertiary/aromatic N) is 2. The molecular formula is C15H21BrN2O3. The summed E-state index contributed by atoms with van der Waals surface area (Å²) in [6.07, 6.45) is 3.80. The number of carbonyl (C=O) groups excluding carboxylic acids is 1. The van der Waals surface area contributed by atoms with Crippen LogP contribution in [0.5, 0.6) is 0 Å². The first-order valence-corrected chi connectivity index (χ1v) is 8.36. The zero-order valence-electron chi connectivity index (χ0n) is 12.3. The second kappa shape index (κ2) is 6.50. The number of piperidine rings is 1. The van der Waals surface area contributed by atoms with Crippen molar-refractivity contribution >= 4 is 21.8 Å². The Hall–Kier alpha value is -0.850. The van der Waals surface area contributed by atoms with Crippen molar-refractivity contribution in [1.29, 1.82) is 0 Å². The number of ether oxygens (including phenoxy) is 2. The Balaban J connectivity index is 1.62. The van der Waals surface area contributed by atoms with E-state index in [1.165, 1.54) is 0 Å². The zero-order chi connectivity index (χ0) is 14.8. The highest BCUT2D eigenvalue weighted by molar-refractivity contribution is 9.10. The van der Waals surface area contributed by atoms with Crippen molar-refractivity contribution in [3.63, 3.8) is 0 Å². The average Bonchev–Trinajstić information content (AvgIpc) is 3.16. The molecular weight excluding hydrogens is 336 g/mol. The van der Waals surface area contributed by atoms with Crippen LogP contribution < -0.4 is 0 Å². The van der Waals surface area contributed by atoms with E-state index in [-0.39, 0.29) is 12.2 Å². The summed E-state index contributed by atoms with van der Waals surface area (Å²) in [4.78, 5) is 14.6. The Labute approximate surface area is 133 Å². The highest BCUT2D eigenvalue weighted by Gasteiger charge is 2.32. The minimum absolute atomic E-state index is 0.0594. The molecule has 0 N–H and O–H groups in total. The summed E-state index contributed by atoms with van der Waals surface area (Å²) in [6.45, 7) is 5.79. The minimum atomic E-state index is -0.0594. The molecule has 1 aromatic rings. The van der Waals surface area contributed by atoms with E-state index in [9.17, 15) is 4.79 Å². The van der Waals surface area contributed by atoms with Crippen molar-refractivity contribution in [2.45, 2.75) is 32.6 Å². The van der Waals surface area contributed by atoms with Gasteiger partial charge < -0.3 is 18.9 Å².